The van der Waals surface area contributed by atoms with Gasteiger partial charge < -0.3 is 5.11 Å². The summed E-state index contributed by atoms with van der Waals surface area (Å²) < 4.78 is 0.768. The fraction of sp³-hybridized carbons (Fsp3) is 0.143. The maximum Gasteiger partial charge on any atom is 0.356 e. The molecule has 12 heavy (non-hydrogen) atoms. The van der Waals surface area contributed by atoms with Crippen LogP contribution >= 0.6 is 34.2 Å². The highest BCUT2D eigenvalue weighted by atomic mass is 127. The number of carboxylic acids is 1. The van der Waals surface area contributed by atoms with E-state index in [1.165, 1.54) is 6.20 Å². The summed E-state index contributed by atoms with van der Waals surface area (Å²) in [6.45, 7) is 0. The highest BCUT2D eigenvalue weighted by Gasteiger charge is 2.09. The van der Waals surface area contributed by atoms with E-state index in [1.54, 1.807) is 6.07 Å². The molecule has 5 heteroatoms. The van der Waals surface area contributed by atoms with Gasteiger partial charge in [0.15, 0.2) is 5.69 Å². The molecule has 3 nitrogen and oxygen atoms in total. The molecule has 0 fully saturated rings. The van der Waals surface area contributed by atoms with E-state index >= 15 is 0 Å². The molecule has 1 aromatic rings. The van der Waals surface area contributed by atoms with E-state index < -0.39 is 5.97 Å². The van der Waals surface area contributed by atoms with Crippen molar-refractivity contribution in [2.24, 2.45) is 0 Å². The molecular weight excluding hydrogens is 292 g/mol. The lowest BCUT2D eigenvalue weighted by atomic mass is 10.3. The van der Waals surface area contributed by atoms with Crippen LogP contribution < -0.4 is 0 Å². The van der Waals surface area contributed by atoms with Crippen molar-refractivity contribution < 1.29 is 9.90 Å². The van der Waals surface area contributed by atoms with Gasteiger partial charge in [0.1, 0.15) is 0 Å². The molecular formula is C7H5ClINO2. The molecule has 0 saturated carbocycles. The second kappa shape index (κ2) is 4.04. The number of nitrogens with zero attached hydrogens (tertiary/aromatic N) is 1. The average molecular weight is 297 g/mol. The molecule has 0 unspecified atom stereocenters. The van der Waals surface area contributed by atoms with E-state index in [0.717, 1.165) is 9.99 Å². The van der Waals surface area contributed by atoms with E-state index in [4.69, 9.17) is 16.7 Å². The Hall–Kier alpha value is -0.360. The molecule has 0 aromatic carbocycles. The van der Waals surface area contributed by atoms with Gasteiger partial charge in [-0.25, -0.2) is 9.78 Å². The summed E-state index contributed by atoms with van der Waals surface area (Å²) in [4.78, 5) is 14.2. The monoisotopic (exact) mass is 297 g/mol. The SMILES string of the molecule is O=C(O)c1ncc(CI)cc1Cl. The Morgan fingerprint density at radius 3 is 2.83 bits per heavy atom. The first-order chi connectivity index (χ1) is 5.65. The van der Waals surface area contributed by atoms with Gasteiger partial charge in [0.2, 0.25) is 0 Å². The lowest BCUT2D eigenvalue weighted by molar-refractivity contribution is 0.0690. The number of rotatable bonds is 2. The van der Waals surface area contributed by atoms with Crippen LogP contribution in [0.4, 0.5) is 0 Å². The van der Waals surface area contributed by atoms with E-state index in [9.17, 15) is 4.79 Å². The minimum atomic E-state index is -1.10. The van der Waals surface area contributed by atoms with Gasteiger partial charge >= 0.3 is 5.97 Å². The maximum absolute atomic E-state index is 10.5. The zero-order valence-corrected chi connectivity index (χ0v) is 8.83. The van der Waals surface area contributed by atoms with Crippen molar-refractivity contribution in [2.45, 2.75) is 4.43 Å². The molecule has 64 valence electrons. The van der Waals surface area contributed by atoms with Gasteiger partial charge in [0.25, 0.3) is 0 Å². The Kier molecular flexibility index (Phi) is 3.28. The van der Waals surface area contributed by atoms with Crippen LogP contribution in [0.5, 0.6) is 0 Å². The Bertz CT molecular complexity index is 316. The summed E-state index contributed by atoms with van der Waals surface area (Å²) in [6, 6.07) is 1.62. The Labute approximate surface area is 87.9 Å². The largest absolute Gasteiger partial charge is 0.476 e. The smallest absolute Gasteiger partial charge is 0.356 e. The lowest BCUT2D eigenvalue weighted by Gasteiger charge is -1.99. The first kappa shape index (κ1) is 9.73. The second-order valence-electron chi connectivity index (χ2n) is 2.11. The Morgan fingerprint density at radius 1 is 1.75 bits per heavy atom. The number of carboxylic acid groups (broad SMARTS) is 1. The number of halogens is 2. The van der Waals surface area contributed by atoms with Crippen molar-refractivity contribution in [3.63, 3.8) is 0 Å². The third-order valence-electron chi connectivity index (χ3n) is 1.25. The first-order valence-electron chi connectivity index (χ1n) is 3.09. The van der Waals surface area contributed by atoms with Crippen molar-refractivity contribution in [1.29, 1.82) is 0 Å². The van der Waals surface area contributed by atoms with E-state index in [1.807, 2.05) is 0 Å². The minimum Gasteiger partial charge on any atom is -0.476 e. The minimum absolute atomic E-state index is 0.0923. The molecule has 1 N–H and O–H groups in total. The molecule has 0 aliphatic rings. The fourth-order valence-corrected chi connectivity index (χ4v) is 1.39. The summed E-state index contributed by atoms with van der Waals surface area (Å²) in [7, 11) is 0. The number of pyridine rings is 1. The number of hydrogen-bond acceptors (Lipinski definition) is 2. The van der Waals surface area contributed by atoms with Crippen LogP contribution in [0.2, 0.25) is 5.02 Å². The molecule has 0 radical (unpaired) electrons. The molecule has 0 atom stereocenters. The quantitative estimate of drug-likeness (QED) is 0.673. The molecule has 0 aliphatic heterocycles. The van der Waals surface area contributed by atoms with Crippen molar-refractivity contribution in [3.8, 4) is 0 Å². The van der Waals surface area contributed by atoms with Gasteiger partial charge in [-0.05, 0) is 11.6 Å². The third kappa shape index (κ3) is 2.07. The van der Waals surface area contributed by atoms with Crippen LogP contribution in [0.25, 0.3) is 0 Å². The van der Waals surface area contributed by atoms with Crippen LogP contribution in [-0.4, -0.2) is 16.1 Å². The molecule has 1 rings (SSSR count). The van der Waals surface area contributed by atoms with Gasteiger partial charge in [-0.3, -0.25) is 0 Å². The molecule has 0 amide bonds. The summed E-state index contributed by atoms with van der Waals surface area (Å²) in [5.74, 6) is -1.10. The molecule has 0 bridgehead atoms. The highest BCUT2D eigenvalue weighted by molar-refractivity contribution is 14.1. The van der Waals surface area contributed by atoms with Crippen molar-refractivity contribution in [3.05, 3.63) is 28.5 Å². The van der Waals surface area contributed by atoms with Crippen LogP contribution in [0.1, 0.15) is 16.1 Å². The average Bonchev–Trinajstić information content (AvgIpc) is 2.03. The molecule has 0 aliphatic carbocycles. The lowest BCUT2D eigenvalue weighted by Crippen LogP contribution is -2.01. The van der Waals surface area contributed by atoms with Gasteiger partial charge in [-0.2, -0.15) is 0 Å². The van der Waals surface area contributed by atoms with Gasteiger partial charge in [-0.15, -0.1) is 0 Å². The Morgan fingerprint density at radius 2 is 2.42 bits per heavy atom. The number of aromatic carboxylic acids is 1. The predicted octanol–water partition coefficient (Wildman–Crippen LogP) is 2.37. The van der Waals surface area contributed by atoms with E-state index in [2.05, 4.69) is 27.6 Å². The normalized spacial score (nSPS) is 9.83. The van der Waals surface area contributed by atoms with Crippen LogP contribution in [0.3, 0.4) is 0 Å². The predicted molar refractivity (Wildman–Crippen MR) is 53.9 cm³/mol. The van der Waals surface area contributed by atoms with Crippen molar-refractivity contribution >= 4 is 40.2 Å². The van der Waals surface area contributed by atoms with Gasteiger partial charge in [0.05, 0.1) is 5.02 Å². The molecule has 0 saturated heterocycles. The summed E-state index contributed by atoms with van der Waals surface area (Å²) in [5.41, 5.74) is 0.830. The van der Waals surface area contributed by atoms with Crippen LogP contribution in [0, 0.1) is 0 Å². The highest BCUT2D eigenvalue weighted by Crippen LogP contribution is 2.16. The number of carbonyl (C=O) groups is 1. The number of aromatic nitrogens is 1. The van der Waals surface area contributed by atoms with Crippen LogP contribution in [-0.2, 0) is 4.43 Å². The summed E-state index contributed by atoms with van der Waals surface area (Å²) in [5, 5.41) is 8.77. The third-order valence-corrected chi connectivity index (χ3v) is 2.42. The maximum atomic E-state index is 10.5. The second-order valence-corrected chi connectivity index (χ2v) is 3.28. The zero-order chi connectivity index (χ0) is 9.14. The summed E-state index contributed by atoms with van der Waals surface area (Å²) >= 11 is 7.81. The number of alkyl halides is 1. The van der Waals surface area contributed by atoms with Crippen molar-refractivity contribution in [2.75, 3.05) is 0 Å². The van der Waals surface area contributed by atoms with E-state index in [0.29, 0.717) is 0 Å². The van der Waals surface area contributed by atoms with Crippen LogP contribution in [0.15, 0.2) is 12.3 Å². The van der Waals surface area contributed by atoms with Crippen molar-refractivity contribution in [1.82, 2.24) is 4.98 Å². The summed E-state index contributed by atoms with van der Waals surface area (Å²) in [6.07, 6.45) is 1.52. The number of hydrogen-bond donors (Lipinski definition) is 1. The van der Waals surface area contributed by atoms with Gasteiger partial charge in [-0.1, -0.05) is 34.2 Å². The molecule has 1 aromatic heterocycles. The fourth-order valence-electron chi connectivity index (χ4n) is 0.708. The van der Waals surface area contributed by atoms with E-state index in [-0.39, 0.29) is 10.7 Å². The van der Waals surface area contributed by atoms with Gasteiger partial charge in [0, 0.05) is 10.6 Å². The topological polar surface area (TPSA) is 50.2 Å². The first-order valence-corrected chi connectivity index (χ1v) is 4.99. The Balaban J connectivity index is 3.12. The molecule has 1 heterocycles. The molecule has 0 spiro atoms. The standard InChI is InChI=1S/C7H5ClINO2/c8-5-1-4(2-9)3-10-6(5)7(11)12/h1,3H,2H2,(H,11,12). The zero-order valence-electron chi connectivity index (χ0n) is 5.92.